The summed E-state index contributed by atoms with van der Waals surface area (Å²) in [6.07, 6.45) is 4.73. The smallest absolute Gasteiger partial charge is 0.191 e. The second-order valence-electron chi connectivity index (χ2n) is 8.02. The Morgan fingerprint density at radius 2 is 1.96 bits per heavy atom. The van der Waals surface area contributed by atoms with Crippen molar-refractivity contribution < 1.29 is 14.2 Å². The Bertz CT molecular complexity index is 383. The van der Waals surface area contributed by atoms with Crippen LogP contribution in [0.2, 0.25) is 0 Å². The Morgan fingerprint density at radius 1 is 1.15 bits per heavy atom. The molecule has 0 spiro atoms. The topological polar surface area (TPSA) is 64.1 Å². The fourth-order valence-corrected chi connectivity index (χ4v) is 3.32. The largest absolute Gasteiger partial charge is 0.382 e. The fraction of sp³-hybridized carbons (Fsp3) is 0.950. The number of hydrogen-bond donors (Lipinski definition) is 2. The van der Waals surface area contributed by atoms with Crippen LogP contribution in [0.25, 0.3) is 0 Å². The molecule has 2 unspecified atom stereocenters. The molecule has 0 aromatic carbocycles. The van der Waals surface area contributed by atoms with E-state index in [1.807, 2.05) is 0 Å². The second kappa shape index (κ2) is 13.3. The first kappa shape index (κ1) is 23.2. The molecule has 0 radical (unpaired) electrons. The van der Waals surface area contributed by atoms with E-state index in [0.717, 1.165) is 58.1 Å². The van der Waals surface area contributed by atoms with Crippen molar-refractivity contribution in [1.29, 1.82) is 0 Å². The van der Waals surface area contributed by atoms with Crippen molar-refractivity contribution in [2.24, 2.45) is 16.3 Å². The first-order chi connectivity index (χ1) is 12.5. The third-order valence-electron chi connectivity index (χ3n) is 4.57. The van der Waals surface area contributed by atoms with Gasteiger partial charge in [-0.25, -0.2) is 0 Å². The summed E-state index contributed by atoms with van der Waals surface area (Å²) in [5, 5.41) is 6.78. The summed E-state index contributed by atoms with van der Waals surface area (Å²) in [4.78, 5) is 4.83. The summed E-state index contributed by atoms with van der Waals surface area (Å²) in [5.74, 6) is 1.40. The van der Waals surface area contributed by atoms with Gasteiger partial charge in [-0.3, -0.25) is 4.99 Å². The SMILES string of the molecule is CCNC(=NCC1CCCOC1C(C)(C)C)NCCCCOCCOC. The Hall–Kier alpha value is -0.850. The van der Waals surface area contributed by atoms with Crippen LogP contribution in [-0.2, 0) is 14.2 Å². The molecule has 2 atom stereocenters. The van der Waals surface area contributed by atoms with E-state index >= 15 is 0 Å². The fourth-order valence-electron chi connectivity index (χ4n) is 3.32. The minimum Gasteiger partial charge on any atom is -0.382 e. The number of rotatable bonds is 11. The Balaban J connectivity index is 2.35. The lowest BCUT2D eigenvalue weighted by molar-refractivity contribution is -0.0823. The Labute approximate surface area is 160 Å². The molecule has 0 aromatic heterocycles. The molecule has 1 rings (SSSR count). The minimum atomic E-state index is 0.162. The van der Waals surface area contributed by atoms with Crippen molar-refractivity contribution in [1.82, 2.24) is 10.6 Å². The molecule has 6 nitrogen and oxygen atoms in total. The molecule has 26 heavy (non-hydrogen) atoms. The molecule has 0 amide bonds. The molecule has 1 aliphatic heterocycles. The highest BCUT2D eigenvalue weighted by Crippen LogP contribution is 2.34. The zero-order chi connectivity index (χ0) is 19.3. The van der Waals surface area contributed by atoms with Crippen LogP contribution in [-0.4, -0.2) is 65.2 Å². The van der Waals surface area contributed by atoms with Crippen LogP contribution < -0.4 is 10.6 Å². The molecule has 0 aromatic rings. The van der Waals surface area contributed by atoms with Gasteiger partial charge < -0.3 is 24.8 Å². The molecule has 154 valence electrons. The molecule has 6 heteroatoms. The number of aliphatic imine (C=N–C) groups is 1. The normalized spacial score (nSPS) is 21.7. The van der Waals surface area contributed by atoms with Gasteiger partial charge in [0.15, 0.2) is 5.96 Å². The summed E-state index contributed by atoms with van der Waals surface area (Å²) in [6, 6.07) is 0. The van der Waals surface area contributed by atoms with Gasteiger partial charge >= 0.3 is 0 Å². The molecule has 0 saturated carbocycles. The standard InChI is InChI=1S/C20H41N3O3/c1-6-21-19(22-11-7-8-12-25-15-14-24-5)23-16-17-10-9-13-26-18(17)20(2,3)4/h17-18H,6-16H2,1-5H3,(H2,21,22,23). The zero-order valence-corrected chi connectivity index (χ0v) is 17.6. The zero-order valence-electron chi connectivity index (χ0n) is 17.6. The van der Waals surface area contributed by atoms with Gasteiger partial charge in [0.2, 0.25) is 0 Å². The molecule has 1 aliphatic rings. The summed E-state index contributed by atoms with van der Waals surface area (Å²) in [7, 11) is 1.69. The van der Waals surface area contributed by atoms with Crippen LogP contribution in [0.3, 0.4) is 0 Å². The van der Waals surface area contributed by atoms with Crippen LogP contribution in [0.15, 0.2) is 4.99 Å². The van der Waals surface area contributed by atoms with E-state index < -0.39 is 0 Å². The van der Waals surface area contributed by atoms with Gasteiger partial charge in [0, 0.05) is 45.9 Å². The predicted octanol–water partition coefficient (Wildman–Crippen LogP) is 2.83. The molecule has 2 N–H and O–H groups in total. The van der Waals surface area contributed by atoms with Crippen LogP contribution in [0, 0.1) is 11.3 Å². The van der Waals surface area contributed by atoms with Crippen LogP contribution in [0.4, 0.5) is 0 Å². The van der Waals surface area contributed by atoms with E-state index in [-0.39, 0.29) is 11.5 Å². The molecule has 1 fully saturated rings. The summed E-state index contributed by atoms with van der Waals surface area (Å²) in [6.45, 7) is 14.5. The van der Waals surface area contributed by atoms with Crippen molar-refractivity contribution in [3.05, 3.63) is 0 Å². The molecule has 1 heterocycles. The maximum Gasteiger partial charge on any atom is 0.191 e. The third kappa shape index (κ3) is 9.74. The quantitative estimate of drug-likeness (QED) is 0.332. The molecule has 0 aliphatic carbocycles. The van der Waals surface area contributed by atoms with E-state index in [1.54, 1.807) is 7.11 Å². The highest BCUT2D eigenvalue weighted by atomic mass is 16.5. The lowest BCUT2D eigenvalue weighted by atomic mass is 9.78. The first-order valence-corrected chi connectivity index (χ1v) is 10.2. The summed E-state index contributed by atoms with van der Waals surface area (Å²) in [5.41, 5.74) is 0.162. The first-order valence-electron chi connectivity index (χ1n) is 10.2. The molecule has 0 bridgehead atoms. The van der Waals surface area contributed by atoms with Crippen molar-refractivity contribution in [2.75, 3.05) is 53.2 Å². The highest BCUT2D eigenvalue weighted by Gasteiger charge is 2.35. The van der Waals surface area contributed by atoms with E-state index in [0.29, 0.717) is 19.1 Å². The van der Waals surface area contributed by atoms with Gasteiger partial charge in [0.25, 0.3) is 0 Å². The van der Waals surface area contributed by atoms with E-state index in [9.17, 15) is 0 Å². The number of methoxy groups -OCH3 is 1. The van der Waals surface area contributed by atoms with Gasteiger partial charge in [0.1, 0.15) is 0 Å². The summed E-state index contributed by atoms with van der Waals surface area (Å²) >= 11 is 0. The van der Waals surface area contributed by atoms with Crippen molar-refractivity contribution in [3.8, 4) is 0 Å². The van der Waals surface area contributed by atoms with Crippen LogP contribution in [0.5, 0.6) is 0 Å². The van der Waals surface area contributed by atoms with E-state index in [2.05, 4.69) is 38.3 Å². The minimum absolute atomic E-state index is 0.162. The summed E-state index contributed by atoms with van der Waals surface area (Å²) < 4.78 is 16.5. The van der Waals surface area contributed by atoms with Gasteiger partial charge in [-0.2, -0.15) is 0 Å². The van der Waals surface area contributed by atoms with Crippen molar-refractivity contribution >= 4 is 5.96 Å². The third-order valence-corrected chi connectivity index (χ3v) is 4.57. The average molecular weight is 372 g/mol. The van der Waals surface area contributed by atoms with Crippen molar-refractivity contribution in [2.45, 2.75) is 59.5 Å². The van der Waals surface area contributed by atoms with E-state index in [1.165, 1.54) is 6.42 Å². The van der Waals surface area contributed by atoms with Gasteiger partial charge in [-0.1, -0.05) is 20.8 Å². The number of hydrogen-bond acceptors (Lipinski definition) is 4. The molecular formula is C20H41N3O3. The monoisotopic (exact) mass is 371 g/mol. The van der Waals surface area contributed by atoms with Crippen LogP contribution >= 0.6 is 0 Å². The number of nitrogens with one attached hydrogen (secondary N) is 2. The van der Waals surface area contributed by atoms with Crippen molar-refractivity contribution in [3.63, 3.8) is 0 Å². The van der Waals surface area contributed by atoms with E-state index in [4.69, 9.17) is 19.2 Å². The Kier molecular flexibility index (Phi) is 11.9. The molecular weight excluding hydrogens is 330 g/mol. The predicted molar refractivity (Wildman–Crippen MR) is 108 cm³/mol. The molecule has 1 saturated heterocycles. The average Bonchev–Trinajstić information content (AvgIpc) is 2.61. The maximum atomic E-state index is 6.07. The van der Waals surface area contributed by atoms with Gasteiger partial charge in [-0.05, 0) is 38.0 Å². The number of unbranched alkanes of at least 4 members (excludes halogenated alkanes) is 1. The lowest BCUT2D eigenvalue weighted by Gasteiger charge is -2.39. The highest BCUT2D eigenvalue weighted by molar-refractivity contribution is 5.79. The van der Waals surface area contributed by atoms with Gasteiger partial charge in [-0.15, -0.1) is 0 Å². The van der Waals surface area contributed by atoms with Crippen LogP contribution in [0.1, 0.15) is 53.4 Å². The lowest BCUT2D eigenvalue weighted by Crippen LogP contribution is -2.43. The number of guanidine groups is 1. The van der Waals surface area contributed by atoms with Gasteiger partial charge in [0.05, 0.1) is 19.3 Å². The number of nitrogens with zero attached hydrogens (tertiary/aromatic N) is 1. The Morgan fingerprint density at radius 3 is 2.65 bits per heavy atom. The maximum absolute atomic E-state index is 6.07. The second-order valence-corrected chi connectivity index (χ2v) is 8.02. The number of ether oxygens (including phenoxy) is 3.